The van der Waals surface area contributed by atoms with E-state index >= 15 is 0 Å². The Balaban J connectivity index is 2.37. The first-order valence-electron chi connectivity index (χ1n) is 6.61. The van der Waals surface area contributed by atoms with Crippen LogP contribution in [0.15, 0.2) is 0 Å². The quantitative estimate of drug-likeness (QED) is 0.747. The van der Waals surface area contributed by atoms with Crippen molar-refractivity contribution in [3.05, 3.63) is 0 Å². The van der Waals surface area contributed by atoms with Gasteiger partial charge in [-0.05, 0) is 25.7 Å². The van der Waals surface area contributed by atoms with Gasteiger partial charge in [0, 0.05) is 26.1 Å². The molecule has 0 spiro atoms. The van der Waals surface area contributed by atoms with Gasteiger partial charge in [0.25, 0.3) is 0 Å². The van der Waals surface area contributed by atoms with Crippen molar-refractivity contribution in [3.8, 4) is 0 Å². The summed E-state index contributed by atoms with van der Waals surface area (Å²) in [7, 11) is 1.87. The standard InChI is InChI=1S/C13H26N2O/c1-11(10-14)15(2)13(16)9-12-7-5-3-4-6-8-12/h11-12H,3-10,14H2,1-2H3. The van der Waals surface area contributed by atoms with Gasteiger partial charge in [0.15, 0.2) is 0 Å². The summed E-state index contributed by atoms with van der Waals surface area (Å²) in [4.78, 5) is 13.8. The van der Waals surface area contributed by atoms with Crippen LogP contribution < -0.4 is 5.73 Å². The second-order valence-corrected chi connectivity index (χ2v) is 5.15. The molecule has 0 aliphatic heterocycles. The Kier molecular flexibility index (Phi) is 5.81. The van der Waals surface area contributed by atoms with Crippen LogP contribution in [0, 0.1) is 5.92 Å². The third-order valence-corrected chi connectivity index (χ3v) is 3.83. The van der Waals surface area contributed by atoms with E-state index in [1.165, 1.54) is 38.5 Å². The zero-order valence-corrected chi connectivity index (χ0v) is 10.7. The van der Waals surface area contributed by atoms with E-state index in [1.54, 1.807) is 0 Å². The van der Waals surface area contributed by atoms with Crippen LogP contribution in [0.3, 0.4) is 0 Å². The van der Waals surface area contributed by atoms with Gasteiger partial charge in [0.2, 0.25) is 5.91 Å². The average molecular weight is 226 g/mol. The van der Waals surface area contributed by atoms with E-state index in [-0.39, 0.29) is 11.9 Å². The van der Waals surface area contributed by atoms with Gasteiger partial charge in [0.1, 0.15) is 0 Å². The van der Waals surface area contributed by atoms with Crippen molar-refractivity contribution in [2.45, 2.75) is 57.9 Å². The second kappa shape index (κ2) is 6.89. The summed E-state index contributed by atoms with van der Waals surface area (Å²) in [5, 5.41) is 0. The zero-order chi connectivity index (χ0) is 12.0. The lowest BCUT2D eigenvalue weighted by atomic mass is 9.96. The fraction of sp³-hybridized carbons (Fsp3) is 0.923. The van der Waals surface area contributed by atoms with Crippen LogP contribution in [0.4, 0.5) is 0 Å². The van der Waals surface area contributed by atoms with Crippen LogP contribution in [-0.4, -0.2) is 30.4 Å². The fourth-order valence-corrected chi connectivity index (χ4v) is 2.36. The molecule has 0 aromatic heterocycles. The number of carbonyl (C=O) groups is 1. The normalized spacial score (nSPS) is 20.2. The molecule has 1 fully saturated rings. The monoisotopic (exact) mass is 226 g/mol. The molecule has 0 bridgehead atoms. The second-order valence-electron chi connectivity index (χ2n) is 5.15. The van der Waals surface area contributed by atoms with Crippen molar-refractivity contribution < 1.29 is 4.79 Å². The Morgan fingerprint density at radius 3 is 2.38 bits per heavy atom. The molecule has 1 atom stereocenters. The number of amides is 1. The molecule has 1 unspecified atom stereocenters. The number of likely N-dealkylation sites (N-methyl/N-ethyl adjacent to an activating group) is 1. The van der Waals surface area contributed by atoms with E-state index in [2.05, 4.69) is 0 Å². The number of nitrogens with two attached hydrogens (primary N) is 1. The minimum absolute atomic E-state index is 0.165. The van der Waals surface area contributed by atoms with Crippen molar-refractivity contribution in [3.63, 3.8) is 0 Å². The molecule has 3 nitrogen and oxygen atoms in total. The molecule has 1 saturated carbocycles. The summed E-state index contributed by atoms with van der Waals surface area (Å²) in [6.07, 6.45) is 8.48. The Labute approximate surface area is 99.4 Å². The number of rotatable bonds is 4. The van der Waals surface area contributed by atoms with Gasteiger partial charge in [-0.2, -0.15) is 0 Å². The van der Waals surface area contributed by atoms with E-state index in [9.17, 15) is 4.79 Å². The summed E-state index contributed by atoms with van der Waals surface area (Å²) < 4.78 is 0. The lowest BCUT2D eigenvalue weighted by Crippen LogP contribution is -2.40. The number of nitrogens with zero attached hydrogens (tertiary/aromatic N) is 1. The largest absolute Gasteiger partial charge is 0.342 e. The molecule has 16 heavy (non-hydrogen) atoms. The maximum absolute atomic E-state index is 12.0. The predicted octanol–water partition coefficient (Wildman–Crippen LogP) is 2.15. The molecule has 3 heteroatoms. The summed E-state index contributed by atoms with van der Waals surface area (Å²) in [5.41, 5.74) is 5.58. The lowest BCUT2D eigenvalue weighted by molar-refractivity contribution is -0.132. The maximum atomic E-state index is 12.0. The highest BCUT2D eigenvalue weighted by Gasteiger charge is 2.20. The van der Waals surface area contributed by atoms with E-state index in [4.69, 9.17) is 5.73 Å². The maximum Gasteiger partial charge on any atom is 0.222 e. The van der Waals surface area contributed by atoms with Gasteiger partial charge in [-0.1, -0.05) is 25.7 Å². The van der Waals surface area contributed by atoms with Gasteiger partial charge in [-0.15, -0.1) is 0 Å². The third-order valence-electron chi connectivity index (χ3n) is 3.83. The summed E-state index contributed by atoms with van der Waals surface area (Å²) >= 11 is 0. The molecule has 0 heterocycles. The van der Waals surface area contributed by atoms with Crippen molar-refractivity contribution in [2.75, 3.05) is 13.6 Å². The molecule has 1 amide bonds. The molecule has 0 radical (unpaired) electrons. The molecule has 0 aromatic carbocycles. The van der Waals surface area contributed by atoms with Gasteiger partial charge in [-0.25, -0.2) is 0 Å². The van der Waals surface area contributed by atoms with Gasteiger partial charge >= 0.3 is 0 Å². The van der Waals surface area contributed by atoms with Crippen molar-refractivity contribution in [1.82, 2.24) is 4.90 Å². The van der Waals surface area contributed by atoms with Crippen LogP contribution in [-0.2, 0) is 4.79 Å². The van der Waals surface area contributed by atoms with Gasteiger partial charge in [0.05, 0.1) is 0 Å². The molecule has 2 N–H and O–H groups in total. The number of hydrogen-bond donors (Lipinski definition) is 1. The van der Waals surface area contributed by atoms with E-state index in [0.29, 0.717) is 12.5 Å². The Morgan fingerprint density at radius 1 is 1.31 bits per heavy atom. The van der Waals surface area contributed by atoms with Crippen molar-refractivity contribution in [2.24, 2.45) is 11.7 Å². The molecule has 1 rings (SSSR count). The first-order chi connectivity index (χ1) is 7.65. The van der Waals surface area contributed by atoms with Gasteiger partial charge in [-0.3, -0.25) is 4.79 Å². The summed E-state index contributed by atoms with van der Waals surface area (Å²) in [6.45, 7) is 2.55. The topological polar surface area (TPSA) is 46.3 Å². The predicted molar refractivity (Wildman–Crippen MR) is 67.1 cm³/mol. The average Bonchev–Trinajstić information content (AvgIpc) is 2.55. The molecular weight excluding hydrogens is 200 g/mol. The summed E-state index contributed by atoms with van der Waals surface area (Å²) in [5.74, 6) is 0.882. The fourth-order valence-electron chi connectivity index (χ4n) is 2.36. The number of carbonyl (C=O) groups excluding carboxylic acids is 1. The molecule has 1 aliphatic rings. The number of hydrogen-bond acceptors (Lipinski definition) is 2. The SMILES string of the molecule is CC(CN)N(C)C(=O)CC1CCCCCC1. The van der Waals surface area contributed by atoms with Crippen molar-refractivity contribution in [1.29, 1.82) is 0 Å². The minimum Gasteiger partial charge on any atom is -0.342 e. The van der Waals surface area contributed by atoms with Crippen LogP contribution in [0.5, 0.6) is 0 Å². The Hall–Kier alpha value is -0.570. The lowest BCUT2D eigenvalue weighted by Gasteiger charge is -2.25. The van der Waals surface area contributed by atoms with Crippen LogP contribution in [0.2, 0.25) is 0 Å². The van der Waals surface area contributed by atoms with Crippen molar-refractivity contribution >= 4 is 5.91 Å². The minimum atomic E-state index is 0.165. The zero-order valence-electron chi connectivity index (χ0n) is 10.7. The highest BCUT2D eigenvalue weighted by Crippen LogP contribution is 2.25. The van der Waals surface area contributed by atoms with E-state index in [1.807, 2.05) is 18.9 Å². The highest BCUT2D eigenvalue weighted by atomic mass is 16.2. The first kappa shape index (κ1) is 13.5. The molecule has 94 valence electrons. The molecule has 0 saturated heterocycles. The van der Waals surface area contributed by atoms with E-state index < -0.39 is 0 Å². The van der Waals surface area contributed by atoms with Crippen LogP contribution >= 0.6 is 0 Å². The molecule has 1 aliphatic carbocycles. The van der Waals surface area contributed by atoms with Crippen LogP contribution in [0.25, 0.3) is 0 Å². The van der Waals surface area contributed by atoms with E-state index in [0.717, 1.165) is 6.42 Å². The smallest absolute Gasteiger partial charge is 0.222 e. The highest BCUT2D eigenvalue weighted by molar-refractivity contribution is 5.76. The molecule has 0 aromatic rings. The third kappa shape index (κ3) is 4.12. The van der Waals surface area contributed by atoms with Gasteiger partial charge < -0.3 is 10.6 Å². The Morgan fingerprint density at radius 2 is 1.88 bits per heavy atom. The Bertz CT molecular complexity index is 210. The molecular formula is C13H26N2O. The summed E-state index contributed by atoms with van der Waals surface area (Å²) in [6, 6.07) is 0.165. The van der Waals surface area contributed by atoms with Crippen LogP contribution in [0.1, 0.15) is 51.9 Å². The first-order valence-corrected chi connectivity index (χ1v) is 6.61.